The number of rotatable bonds is 4. The fourth-order valence-corrected chi connectivity index (χ4v) is 3.25. The van der Waals surface area contributed by atoms with Crippen LogP contribution in [0.1, 0.15) is 34.1 Å². The third-order valence-electron chi connectivity index (χ3n) is 3.90. The minimum absolute atomic E-state index is 0.00662. The maximum atomic E-state index is 12.2. The molecule has 4 heteroatoms. The zero-order valence-corrected chi connectivity index (χ0v) is 13.8. The van der Waals surface area contributed by atoms with Crippen molar-refractivity contribution in [2.45, 2.75) is 34.1 Å². The van der Waals surface area contributed by atoms with Crippen LogP contribution >= 0.6 is 0 Å². The van der Waals surface area contributed by atoms with E-state index in [2.05, 4.69) is 12.2 Å². The molecule has 0 N–H and O–H groups in total. The summed E-state index contributed by atoms with van der Waals surface area (Å²) in [6, 6.07) is 0. The minimum Gasteiger partial charge on any atom is -0.469 e. The van der Waals surface area contributed by atoms with E-state index in [0.29, 0.717) is 0 Å². The van der Waals surface area contributed by atoms with Crippen LogP contribution in [0.15, 0.2) is 23.3 Å². The van der Waals surface area contributed by atoms with Crippen LogP contribution in [-0.2, 0) is 19.1 Å². The van der Waals surface area contributed by atoms with Gasteiger partial charge in [-0.2, -0.15) is 0 Å². The van der Waals surface area contributed by atoms with Crippen LogP contribution < -0.4 is 0 Å². The van der Waals surface area contributed by atoms with E-state index < -0.39 is 11.8 Å². The average molecular weight is 294 g/mol. The van der Waals surface area contributed by atoms with E-state index in [1.54, 1.807) is 0 Å². The molecular weight excluding hydrogens is 268 g/mol. The largest absolute Gasteiger partial charge is 0.469 e. The lowest BCUT2D eigenvalue weighted by Gasteiger charge is -2.21. The Morgan fingerprint density at radius 2 is 1.14 bits per heavy atom. The van der Waals surface area contributed by atoms with Crippen LogP contribution in [0.25, 0.3) is 0 Å². The molecule has 0 aromatic heterocycles. The molecule has 1 aliphatic carbocycles. The molecule has 118 valence electrons. The molecule has 4 unspecified atom stereocenters. The molecule has 0 aromatic carbocycles. The fraction of sp³-hybridized carbons (Fsp3) is 0.647. The average Bonchev–Trinajstić information content (AvgIpc) is 2.73. The van der Waals surface area contributed by atoms with Gasteiger partial charge in [0.15, 0.2) is 0 Å². The zero-order chi connectivity index (χ0) is 16.2. The van der Waals surface area contributed by atoms with Gasteiger partial charge in [0.25, 0.3) is 0 Å². The van der Waals surface area contributed by atoms with E-state index in [-0.39, 0.29) is 23.8 Å². The van der Waals surface area contributed by atoms with Crippen LogP contribution in [0.2, 0.25) is 0 Å². The number of carbonyl (C=O) groups excluding carboxylic acids is 2. The SMILES string of the molecule is COC(=O)C1C(C=C(C)C)CC(C=C(C)C)C1C(=O)OC. The maximum absolute atomic E-state index is 12.2. The van der Waals surface area contributed by atoms with Crippen LogP contribution in [0, 0.1) is 23.7 Å². The van der Waals surface area contributed by atoms with Gasteiger partial charge in [0.05, 0.1) is 26.1 Å². The van der Waals surface area contributed by atoms with Gasteiger partial charge in [-0.05, 0) is 46.0 Å². The van der Waals surface area contributed by atoms with Crippen molar-refractivity contribution in [3.8, 4) is 0 Å². The Hall–Kier alpha value is -1.58. The lowest BCUT2D eigenvalue weighted by Crippen LogP contribution is -2.33. The first kappa shape index (κ1) is 17.5. The normalized spacial score (nSPS) is 27.7. The summed E-state index contributed by atoms with van der Waals surface area (Å²) in [5.74, 6) is -1.61. The Morgan fingerprint density at radius 3 is 1.38 bits per heavy atom. The molecule has 0 spiro atoms. The predicted molar refractivity (Wildman–Crippen MR) is 81.5 cm³/mol. The predicted octanol–water partition coefficient (Wildman–Crippen LogP) is 3.13. The van der Waals surface area contributed by atoms with Gasteiger partial charge in [-0.1, -0.05) is 23.3 Å². The van der Waals surface area contributed by atoms with E-state index >= 15 is 0 Å². The molecule has 0 bridgehead atoms. The molecule has 21 heavy (non-hydrogen) atoms. The molecule has 0 heterocycles. The molecule has 0 aromatic rings. The summed E-state index contributed by atoms with van der Waals surface area (Å²) in [6.45, 7) is 7.98. The number of hydrogen-bond donors (Lipinski definition) is 0. The number of esters is 2. The third-order valence-corrected chi connectivity index (χ3v) is 3.90. The Bertz CT molecular complexity index is 411. The Morgan fingerprint density at radius 1 is 0.810 bits per heavy atom. The Labute approximate surface area is 127 Å². The van der Waals surface area contributed by atoms with Gasteiger partial charge < -0.3 is 9.47 Å². The van der Waals surface area contributed by atoms with Gasteiger partial charge in [0.2, 0.25) is 0 Å². The van der Waals surface area contributed by atoms with Crippen molar-refractivity contribution in [1.29, 1.82) is 0 Å². The van der Waals surface area contributed by atoms with Crippen LogP contribution in [0.3, 0.4) is 0 Å². The standard InChI is InChI=1S/C17H26O4/c1-10(2)7-12-9-13(8-11(3)4)15(17(19)21-6)14(12)16(18)20-5/h7-8,12-15H,9H2,1-6H3. The highest BCUT2D eigenvalue weighted by Crippen LogP contribution is 2.45. The molecule has 4 nitrogen and oxygen atoms in total. The highest BCUT2D eigenvalue weighted by atomic mass is 16.5. The summed E-state index contributed by atoms with van der Waals surface area (Å²) >= 11 is 0. The van der Waals surface area contributed by atoms with Gasteiger partial charge in [-0.15, -0.1) is 0 Å². The van der Waals surface area contributed by atoms with E-state index in [1.807, 2.05) is 27.7 Å². The van der Waals surface area contributed by atoms with Gasteiger partial charge in [0, 0.05) is 0 Å². The first-order valence-electron chi connectivity index (χ1n) is 7.27. The monoisotopic (exact) mass is 294 g/mol. The Kier molecular flexibility index (Phi) is 6.19. The molecule has 1 saturated carbocycles. The highest BCUT2D eigenvalue weighted by Gasteiger charge is 2.50. The molecular formula is C17H26O4. The van der Waals surface area contributed by atoms with Gasteiger partial charge in [-0.3, -0.25) is 9.59 Å². The topological polar surface area (TPSA) is 52.6 Å². The molecule has 0 saturated heterocycles. The third kappa shape index (κ3) is 4.19. The first-order chi connectivity index (χ1) is 9.81. The van der Waals surface area contributed by atoms with Gasteiger partial charge >= 0.3 is 11.9 Å². The first-order valence-corrected chi connectivity index (χ1v) is 7.27. The quantitative estimate of drug-likeness (QED) is 0.590. The summed E-state index contributed by atoms with van der Waals surface area (Å²) in [5.41, 5.74) is 2.27. The van der Waals surface area contributed by atoms with Crippen LogP contribution in [0.4, 0.5) is 0 Å². The molecule has 0 amide bonds. The van der Waals surface area contributed by atoms with Crippen molar-refractivity contribution in [3.63, 3.8) is 0 Å². The van der Waals surface area contributed by atoms with Crippen LogP contribution in [0.5, 0.6) is 0 Å². The minimum atomic E-state index is -0.474. The molecule has 1 aliphatic rings. The van der Waals surface area contributed by atoms with Crippen molar-refractivity contribution in [1.82, 2.24) is 0 Å². The number of methoxy groups -OCH3 is 2. The van der Waals surface area contributed by atoms with Crippen molar-refractivity contribution >= 4 is 11.9 Å². The highest BCUT2D eigenvalue weighted by molar-refractivity contribution is 5.83. The summed E-state index contributed by atoms with van der Waals surface area (Å²) in [5, 5.41) is 0. The van der Waals surface area contributed by atoms with Crippen molar-refractivity contribution in [2.24, 2.45) is 23.7 Å². The van der Waals surface area contributed by atoms with Crippen molar-refractivity contribution < 1.29 is 19.1 Å². The second-order valence-corrected chi connectivity index (χ2v) is 6.15. The van der Waals surface area contributed by atoms with E-state index in [0.717, 1.165) is 17.6 Å². The fourth-order valence-electron chi connectivity index (χ4n) is 3.25. The van der Waals surface area contributed by atoms with Crippen molar-refractivity contribution in [2.75, 3.05) is 14.2 Å². The van der Waals surface area contributed by atoms with Crippen molar-refractivity contribution in [3.05, 3.63) is 23.3 Å². The molecule has 4 atom stereocenters. The number of hydrogen-bond acceptors (Lipinski definition) is 4. The lowest BCUT2D eigenvalue weighted by atomic mass is 9.86. The molecule has 1 rings (SSSR count). The van der Waals surface area contributed by atoms with E-state index in [1.165, 1.54) is 14.2 Å². The zero-order valence-electron chi connectivity index (χ0n) is 13.8. The smallest absolute Gasteiger partial charge is 0.310 e. The summed E-state index contributed by atoms with van der Waals surface area (Å²) in [4.78, 5) is 24.4. The molecule has 0 aliphatic heterocycles. The Balaban J connectivity index is 3.25. The van der Waals surface area contributed by atoms with Gasteiger partial charge in [0.1, 0.15) is 0 Å². The maximum Gasteiger partial charge on any atom is 0.310 e. The number of carbonyl (C=O) groups is 2. The summed E-state index contributed by atoms with van der Waals surface area (Å²) < 4.78 is 9.86. The number of ether oxygens (including phenoxy) is 2. The van der Waals surface area contributed by atoms with Crippen LogP contribution in [-0.4, -0.2) is 26.2 Å². The molecule has 0 radical (unpaired) electrons. The second kappa shape index (κ2) is 7.43. The van der Waals surface area contributed by atoms with Gasteiger partial charge in [-0.25, -0.2) is 0 Å². The van der Waals surface area contributed by atoms with E-state index in [9.17, 15) is 9.59 Å². The van der Waals surface area contributed by atoms with E-state index in [4.69, 9.17) is 9.47 Å². The summed E-state index contributed by atoms with van der Waals surface area (Å²) in [7, 11) is 2.73. The summed E-state index contributed by atoms with van der Waals surface area (Å²) in [6.07, 6.45) is 4.89. The molecule has 1 fully saturated rings. The number of allylic oxidation sites excluding steroid dienone is 4. The lowest BCUT2D eigenvalue weighted by molar-refractivity contribution is -0.157. The second-order valence-electron chi connectivity index (χ2n) is 6.15.